The van der Waals surface area contributed by atoms with Crippen molar-refractivity contribution >= 4 is 17.7 Å². The zero-order valence-corrected chi connectivity index (χ0v) is 13.6. The number of benzene rings is 1. The number of carbonyl (C=O) groups is 1. The Bertz CT molecular complexity index is 671. The summed E-state index contributed by atoms with van der Waals surface area (Å²) >= 11 is 1.29. The molecule has 0 saturated heterocycles. The van der Waals surface area contributed by atoms with Crippen LogP contribution in [-0.2, 0) is 11.3 Å². The molecule has 2 rings (SSSR count). The third-order valence-corrected chi connectivity index (χ3v) is 3.87. The number of hydrogen-bond acceptors (Lipinski definition) is 4. The zero-order valence-electron chi connectivity index (χ0n) is 12.8. The lowest BCUT2D eigenvalue weighted by Crippen LogP contribution is -2.24. The van der Waals surface area contributed by atoms with Gasteiger partial charge in [-0.15, -0.1) is 0 Å². The Morgan fingerprint density at radius 3 is 2.50 bits per heavy atom. The van der Waals surface area contributed by atoms with Gasteiger partial charge in [-0.3, -0.25) is 4.79 Å². The highest BCUT2D eigenvalue weighted by Gasteiger charge is 2.07. The molecule has 0 atom stereocenters. The van der Waals surface area contributed by atoms with Crippen LogP contribution in [0, 0.1) is 26.6 Å². The third-order valence-electron chi connectivity index (χ3n) is 3.02. The molecule has 116 valence electrons. The van der Waals surface area contributed by atoms with Gasteiger partial charge in [0.1, 0.15) is 5.82 Å². The van der Waals surface area contributed by atoms with Crippen LogP contribution in [0.5, 0.6) is 0 Å². The smallest absolute Gasteiger partial charge is 0.230 e. The molecule has 0 aliphatic carbocycles. The van der Waals surface area contributed by atoms with Gasteiger partial charge in [0, 0.05) is 17.9 Å². The molecule has 1 N–H and O–H groups in total. The van der Waals surface area contributed by atoms with Gasteiger partial charge < -0.3 is 5.32 Å². The van der Waals surface area contributed by atoms with Crippen LogP contribution in [0.2, 0.25) is 0 Å². The molecule has 0 aliphatic rings. The van der Waals surface area contributed by atoms with Crippen LogP contribution in [0.3, 0.4) is 0 Å². The fourth-order valence-corrected chi connectivity index (χ4v) is 2.67. The van der Waals surface area contributed by atoms with Gasteiger partial charge >= 0.3 is 0 Å². The van der Waals surface area contributed by atoms with Crippen molar-refractivity contribution in [1.29, 1.82) is 0 Å². The van der Waals surface area contributed by atoms with E-state index in [1.54, 1.807) is 19.1 Å². The summed E-state index contributed by atoms with van der Waals surface area (Å²) in [5.41, 5.74) is 3.10. The van der Waals surface area contributed by atoms with Gasteiger partial charge in [-0.25, -0.2) is 14.4 Å². The van der Waals surface area contributed by atoms with Crippen molar-refractivity contribution in [2.24, 2.45) is 0 Å². The maximum absolute atomic E-state index is 13.4. The molecule has 0 bridgehead atoms. The van der Waals surface area contributed by atoms with Gasteiger partial charge in [-0.2, -0.15) is 0 Å². The Labute approximate surface area is 133 Å². The van der Waals surface area contributed by atoms with Gasteiger partial charge in [-0.05, 0) is 44.0 Å². The first-order valence-corrected chi connectivity index (χ1v) is 7.89. The molecule has 0 aliphatic heterocycles. The Hall–Kier alpha value is -1.95. The van der Waals surface area contributed by atoms with E-state index in [0.717, 1.165) is 17.0 Å². The van der Waals surface area contributed by atoms with E-state index in [0.29, 0.717) is 17.3 Å². The Morgan fingerprint density at radius 1 is 1.18 bits per heavy atom. The SMILES string of the molecule is Cc1cc(C)nc(SCC(=O)NCc2ccc(C)c(F)c2)n1. The summed E-state index contributed by atoms with van der Waals surface area (Å²) in [5, 5.41) is 3.35. The van der Waals surface area contributed by atoms with Crippen LogP contribution in [0.25, 0.3) is 0 Å². The normalized spacial score (nSPS) is 10.5. The molecule has 1 heterocycles. The van der Waals surface area contributed by atoms with E-state index < -0.39 is 0 Å². The molecule has 2 aromatic rings. The highest BCUT2D eigenvalue weighted by atomic mass is 32.2. The van der Waals surface area contributed by atoms with Gasteiger partial charge in [0.15, 0.2) is 5.16 Å². The van der Waals surface area contributed by atoms with Crippen LogP contribution >= 0.6 is 11.8 Å². The minimum absolute atomic E-state index is 0.131. The molecule has 0 spiro atoms. The first-order valence-electron chi connectivity index (χ1n) is 6.91. The summed E-state index contributed by atoms with van der Waals surface area (Å²) in [7, 11) is 0. The first kappa shape index (κ1) is 16.4. The fourth-order valence-electron chi connectivity index (χ4n) is 1.89. The highest BCUT2D eigenvalue weighted by molar-refractivity contribution is 7.99. The van der Waals surface area contributed by atoms with E-state index in [1.165, 1.54) is 17.8 Å². The molecule has 1 amide bonds. The van der Waals surface area contributed by atoms with Crippen molar-refractivity contribution in [1.82, 2.24) is 15.3 Å². The summed E-state index contributed by atoms with van der Waals surface area (Å²) in [4.78, 5) is 20.4. The second-order valence-electron chi connectivity index (χ2n) is 5.08. The molecule has 1 aromatic heterocycles. The average Bonchev–Trinajstić information content (AvgIpc) is 2.45. The summed E-state index contributed by atoms with van der Waals surface area (Å²) in [6, 6.07) is 6.83. The number of nitrogens with one attached hydrogen (secondary N) is 1. The van der Waals surface area contributed by atoms with Gasteiger partial charge in [-0.1, -0.05) is 23.9 Å². The molecular formula is C16H18FN3OS. The second kappa shape index (κ2) is 7.35. The number of nitrogens with zero attached hydrogens (tertiary/aromatic N) is 2. The maximum atomic E-state index is 13.4. The minimum atomic E-state index is -0.259. The second-order valence-corrected chi connectivity index (χ2v) is 6.02. The molecule has 0 radical (unpaired) electrons. The first-order chi connectivity index (χ1) is 10.4. The van der Waals surface area contributed by atoms with Crippen molar-refractivity contribution in [3.63, 3.8) is 0 Å². The number of aromatic nitrogens is 2. The Morgan fingerprint density at radius 2 is 1.86 bits per heavy atom. The number of amides is 1. The molecular weight excluding hydrogens is 301 g/mol. The van der Waals surface area contributed by atoms with E-state index >= 15 is 0 Å². The lowest BCUT2D eigenvalue weighted by molar-refractivity contribution is -0.118. The number of aryl methyl sites for hydroxylation is 3. The standard InChI is InChI=1S/C16H18FN3OS/c1-10-4-5-13(7-14(10)17)8-18-15(21)9-22-16-19-11(2)6-12(3)20-16/h4-7H,8-9H2,1-3H3,(H,18,21). The van der Waals surface area contributed by atoms with Gasteiger partial charge in [0.2, 0.25) is 5.91 Å². The van der Waals surface area contributed by atoms with Crippen LogP contribution in [0.1, 0.15) is 22.5 Å². The number of rotatable bonds is 5. The predicted octanol–water partition coefficient (Wildman–Crippen LogP) is 2.95. The monoisotopic (exact) mass is 319 g/mol. The van der Waals surface area contributed by atoms with Crippen molar-refractivity contribution in [3.8, 4) is 0 Å². The molecule has 4 nitrogen and oxygen atoms in total. The van der Waals surface area contributed by atoms with Crippen molar-refractivity contribution in [2.75, 3.05) is 5.75 Å². The van der Waals surface area contributed by atoms with E-state index in [2.05, 4.69) is 15.3 Å². The van der Waals surface area contributed by atoms with Crippen molar-refractivity contribution in [2.45, 2.75) is 32.5 Å². The van der Waals surface area contributed by atoms with Crippen LogP contribution in [0.15, 0.2) is 29.4 Å². The van der Waals surface area contributed by atoms with Crippen LogP contribution in [-0.4, -0.2) is 21.6 Å². The van der Waals surface area contributed by atoms with Crippen molar-refractivity contribution in [3.05, 3.63) is 52.6 Å². The summed E-state index contributed by atoms with van der Waals surface area (Å²) in [6.07, 6.45) is 0. The topological polar surface area (TPSA) is 54.9 Å². The van der Waals surface area contributed by atoms with Crippen LogP contribution in [0.4, 0.5) is 4.39 Å². The predicted molar refractivity (Wildman–Crippen MR) is 85.2 cm³/mol. The number of halogens is 1. The Balaban J connectivity index is 1.84. The molecule has 1 aromatic carbocycles. The zero-order chi connectivity index (χ0) is 16.1. The lowest BCUT2D eigenvalue weighted by atomic mass is 10.1. The Kier molecular flexibility index (Phi) is 5.49. The van der Waals surface area contributed by atoms with Crippen LogP contribution < -0.4 is 5.32 Å². The van der Waals surface area contributed by atoms with E-state index in [9.17, 15) is 9.18 Å². The van der Waals surface area contributed by atoms with E-state index in [1.807, 2.05) is 19.9 Å². The lowest BCUT2D eigenvalue weighted by Gasteiger charge is -2.06. The fraction of sp³-hybridized carbons (Fsp3) is 0.312. The number of hydrogen-bond donors (Lipinski definition) is 1. The molecule has 6 heteroatoms. The molecule has 0 unspecified atom stereocenters. The van der Waals surface area contributed by atoms with Gasteiger partial charge in [0.25, 0.3) is 0 Å². The van der Waals surface area contributed by atoms with Crippen molar-refractivity contribution < 1.29 is 9.18 Å². The van der Waals surface area contributed by atoms with E-state index in [-0.39, 0.29) is 17.5 Å². The molecule has 0 saturated carbocycles. The van der Waals surface area contributed by atoms with E-state index in [4.69, 9.17) is 0 Å². The maximum Gasteiger partial charge on any atom is 0.230 e. The highest BCUT2D eigenvalue weighted by Crippen LogP contribution is 2.14. The molecule has 0 fully saturated rings. The third kappa shape index (κ3) is 4.80. The van der Waals surface area contributed by atoms with Gasteiger partial charge in [0.05, 0.1) is 5.75 Å². The molecule has 22 heavy (non-hydrogen) atoms. The summed E-state index contributed by atoms with van der Waals surface area (Å²) in [5.74, 6) is -0.157. The number of carbonyl (C=O) groups excluding carboxylic acids is 1. The quantitative estimate of drug-likeness (QED) is 0.680. The minimum Gasteiger partial charge on any atom is -0.351 e. The average molecular weight is 319 g/mol. The summed E-state index contributed by atoms with van der Waals surface area (Å²) in [6.45, 7) is 5.80. The largest absolute Gasteiger partial charge is 0.351 e. The number of thioether (sulfide) groups is 1. The summed E-state index contributed by atoms with van der Waals surface area (Å²) < 4.78 is 13.4.